The molecule has 0 aromatic carbocycles. The maximum absolute atomic E-state index is 12.8. The molecule has 0 heterocycles. The lowest BCUT2D eigenvalue weighted by atomic mass is 10.0. The summed E-state index contributed by atoms with van der Waals surface area (Å²) in [5, 5.41) is 16.9. The van der Waals surface area contributed by atoms with Crippen LogP contribution in [0.1, 0.15) is 26.2 Å². The van der Waals surface area contributed by atoms with E-state index in [-0.39, 0.29) is 6.42 Å². The van der Waals surface area contributed by atoms with Crippen molar-refractivity contribution in [3.05, 3.63) is 0 Å². The van der Waals surface area contributed by atoms with E-state index in [9.17, 15) is 17.6 Å². The Morgan fingerprint density at radius 1 is 1.14 bits per heavy atom. The van der Waals surface area contributed by atoms with Gasteiger partial charge in [-0.3, -0.25) is 0 Å². The van der Waals surface area contributed by atoms with Crippen LogP contribution in [0.2, 0.25) is 0 Å². The van der Waals surface area contributed by atoms with E-state index in [4.69, 9.17) is 10.2 Å². The first-order valence-electron chi connectivity index (χ1n) is 4.27. The highest BCUT2D eigenvalue weighted by molar-refractivity contribution is 4.85. The molecular formula is C8H14F4O2. The minimum Gasteiger partial charge on any atom is -0.396 e. The molecular weight excluding hydrogens is 204 g/mol. The minimum atomic E-state index is -4.23. The molecule has 0 aliphatic heterocycles. The van der Waals surface area contributed by atoms with Gasteiger partial charge in [0.1, 0.15) is 0 Å². The van der Waals surface area contributed by atoms with Crippen LogP contribution in [0.25, 0.3) is 0 Å². The highest BCUT2D eigenvalue weighted by atomic mass is 19.3. The number of alkyl halides is 4. The van der Waals surface area contributed by atoms with E-state index in [2.05, 4.69) is 0 Å². The van der Waals surface area contributed by atoms with Gasteiger partial charge in [0.2, 0.25) is 0 Å². The molecule has 0 saturated heterocycles. The van der Waals surface area contributed by atoms with E-state index in [1.807, 2.05) is 0 Å². The van der Waals surface area contributed by atoms with Crippen LogP contribution in [-0.2, 0) is 0 Å². The van der Waals surface area contributed by atoms with Crippen LogP contribution in [0.5, 0.6) is 0 Å². The highest BCUT2D eigenvalue weighted by Crippen LogP contribution is 2.40. The van der Waals surface area contributed by atoms with Crippen molar-refractivity contribution < 1.29 is 27.8 Å². The van der Waals surface area contributed by atoms with Crippen molar-refractivity contribution in [3.8, 4) is 0 Å². The quantitative estimate of drug-likeness (QED) is 0.667. The van der Waals surface area contributed by atoms with E-state index < -0.39 is 37.4 Å². The number of rotatable bonds is 6. The first-order valence-corrected chi connectivity index (χ1v) is 4.27. The van der Waals surface area contributed by atoms with Gasteiger partial charge in [-0.2, -0.15) is 17.6 Å². The van der Waals surface area contributed by atoms with Crippen LogP contribution in [0, 0.1) is 0 Å². The van der Waals surface area contributed by atoms with Gasteiger partial charge in [0.15, 0.2) is 0 Å². The Balaban J connectivity index is 4.35. The van der Waals surface area contributed by atoms with Gasteiger partial charge in [-0.05, 0) is 13.3 Å². The topological polar surface area (TPSA) is 40.5 Å². The molecule has 0 spiro atoms. The van der Waals surface area contributed by atoms with Gasteiger partial charge in [-0.25, -0.2) is 0 Å². The molecule has 2 N–H and O–H groups in total. The molecule has 86 valence electrons. The van der Waals surface area contributed by atoms with Crippen LogP contribution >= 0.6 is 0 Å². The molecule has 6 heteroatoms. The second kappa shape index (κ2) is 4.93. The van der Waals surface area contributed by atoms with Gasteiger partial charge in [-0.1, -0.05) is 0 Å². The van der Waals surface area contributed by atoms with Crippen molar-refractivity contribution >= 4 is 0 Å². The standard InChI is InChI=1S/C8H14F4O2/c1-6(14)5-8(11,12)7(9,10)3-2-4-13/h6,13-14H,2-5H2,1H3. The second-order valence-electron chi connectivity index (χ2n) is 3.29. The summed E-state index contributed by atoms with van der Waals surface area (Å²) in [7, 11) is 0. The van der Waals surface area contributed by atoms with Gasteiger partial charge >= 0.3 is 11.8 Å². The summed E-state index contributed by atoms with van der Waals surface area (Å²) in [4.78, 5) is 0. The van der Waals surface area contributed by atoms with Gasteiger partial charge in [0, 0.05) is 19.4 Å². The third-order valence-electron chi connectivity index (χ3n) is 1.74. The van der Waals surface area contributed by atoms with Gasteiger partial charge in [0.25, 0.3) is 0 Å². The van der Waals surface area contributed by atoms with E-state index >= 15 is 0 Å². The number of aliphatic hydroxyl groups excluding tert-OH is 2. The second-order valence-corrected chi connectivity index (χ2v) is 3.29. The van der Waals surface area contributed by atoms with Crippen molar-refractivity contribution in [2.45, 2.75) is 44.1 Å². The van der Waals surface area contributed by atoms with Crippen LogP contribution in [0.15, 0.2) is 0 Å². The lowest BCUT2D eigenvalue weighted by Gasteiger charge is -2.27. The van der Waals surface area contributed by atoms with Gasteiger partial charge in [-0.15, -0.1) is 0 Å². The molecule has 0 aliphatic rings. The molecule has 0 aromatic rings. The molecule has 0 radical (unpaired) electrons. The van der Waals surface area contributed by atoms with E-state index in [1.165, 1.54) is 0 Å². The zero-order valence-corrected chi connectivity index (χ0v) is 7.81. The fraction of sp³-hybridized carbons (Fsp3) is 1.00. The first kappa shape index (κ1) is 13.6. The highest BCUT2D eigenvalue weighted by Gasteiger charge is 2.55. The Labute approximate surface area is 79.5 Å². The fourth-order valence-corrected chi connectivity index (χ4v) is 1.00. The van der Waals surface area contributed by atoms with Crippen LogP contribution in [0.4, 0.5) is 17.6 Å². The molecule has 0 saturated carbocycles. The Morgan fingerprint density at radius 2 is 1.64 bits per heavy atom. The van der Waals surface area contributed by atoms with Crippen molar-refractivity contribution in [1.82, 2.24) is 0 Å². The van der Waals surface area contributed by atoms with Crippen molar-refractivity contribution in [2.24, 2.45) is 0 Å². The normalized spacial score (nSPS) is 15.6. The largest absolute Gasteiger partial charge is 0.396 e. The number of halogens is 4. The number of hydrogen-bond acceptors (Lipinski definition) is 2. The minimum absolute atomic E-state index is 0.387. The molecule has 1 atom stereocenters. The van der Waals surface area contributed by atoms with E-state index in [0.29, 0.717) is 0 Å². The third-order valence-corrected chi connectivity index (χ3v) is 1.74. The van der Waals surface area contributed by atoms with Crippen LogP contribution in [0.3, 0.4) is 0 Å². The average Bonchev–Trinajstić information content (AvgIpc) is 1.98. The van der Waals surface area contributed by atoms with Crippen molar-refractivity contribution in [3.63, 3.8) is 0 Å². The van der Waals surface area contributed by atoms with Crippen molar-refractivity contribution in [2.75, 3.05) is 6.61 Å². The lowest BCUT2D eigenvalue weighted by Crippen LogP contribution is -2.42. The lowest BCUT2D eigenvalue weighted by molar-refractivity contribution is -0.224. The summed E-state index contributed by atoms with van der Waals surface area (Å²) < 4.78 is 51.1. The number of hydrogen-bond donors (Lipinski definition) is 2. The zero-order chi connectivity index (χ0) is 11.4. The predicted octanol–water partition coefficient (Wildman–Crippen LogP) is 1.80. The van der Waals surface area contributed by atoms with Crippen LogP contribution in [-0.4, -0.2) is 34.8 Å². The van der Waals surface area contributed by atoms with E-state index in [1.54, 1.807) is 0 Å². The molecule has 14 heavy (non-hydrogen) atoms. The summed E-state index contributed by atoms with van der Waals surface area (Å²) in [6.45, 7) is 0.469. The molecule has 2 nitrogen and oxygen atoms in total. The third kappa shape index (κ3) is 3.79. The number of aliphatic hydroxyl groups is 2. The molecule has 0 aliphatic carbocycles. The molecule has 0 rings (SSSR count). The summed E-state index contributed by atoms with van der Waals surface area (Å²) in [6, 6.07) is 0. The molecule has 0 fully saturated rings. The van der Waals surface area contributed by atoms with Crippen molar-refractivity contribution in [1.29, 1.82) is 0 Å². The Kier molecular flexibility index (Phi) is 4.80. The summed E-state index contributed by atoms with van der Waals surface area (Å²) in [5.74, 6) is -8.40. The molecule has 0 aromatic heterocycles. The summed E-state index contributed by atoms with van der Waals surface area (Å²) in [6.07, 6.45) is -4.22. The first-order chi connectivity index (χ1) is 6.23. The smallest absolute Gasteiger partial charge is 0.312 e. The summed E-state index contributed by atoms with van der Waals surface area (Å²) in [5.41, 5.74) is 0. The zero-order valence-electron chi connectivity index (χ0n) is 7.81. The fourth-order valence-electron chi connectivity index (χ4n) is 1.00. The average molecular weight is 218 g/mol. The predicted molar refractivity (Wildman–Crippen MR) is 42.5 cm³/mol. The maximum atomic E-state index is 12.8. The SMILES string of the molecule is CC(O)CC(F)(F)C(F)(F)CCCO. The molecule has 1 unspecified atom stereocenters. The molecule has 0 amide bonds. The van der Waals surface area contributed by atoms with Gasteiger partial charge in [0.05, 0.1) is 6.10 Å². The Morgan fingerprint density at radius 3 is 2.00 bits per heavy atom. The van der Waals surface area contributed by atoms with E-state index in [0.717, 1.165) is 6.92 Å². The van der Waals surface area contributed by atoms with Gasteiger partial charge < -0.3 is 10.2 Å². The monoisotopic (exact) mass is 218 g/mol. The van der Waals surface area contributed by atoms with Crippen LogP contribution < -0.4 is 0 Å². The summed E-state index contributed by atoms with van der Waals surface area (Å²) >= 11 is 0. The molecule has 0 bridgehead atoms. The Hall–Kier alpha value is -0.360. The Bertz CT molecular complexity index is 171. The maximum Gasteiger partial charge on any atom is 0.312 e.